The predicted molar refractivity (Wildman–Crippen MR) is 112 cm³/mol. The SMILES string of the molecule is O=C1CC[C@@](c2ccc(F)cc2)(C2CCN(Cc3ccc(Br)cc3F)CC2)CN1. The molecule has 2 aromatic carbocycles. The van der Waals surface area contributed by atoms with Gasteiger partial charge >= 0.3 is 0 Å². The molecule has 0 bridgehead atoms. The van der Waals surface area contributed by atoms with Crippen molar-refractivity contribution in [3.05, 3.63) is 69.7 Å². The molecule has 4 rings (SSSR count). The Balaban J connectivity index is 1.48. The minimum atomic E-state index is -0.241. The number of halogens is 3. The summed E-state index contributed by atoms with van der Waals surface area (Å²) in [6, 6.07) is 12.0. The maximum Gasteiger partial charge on any atom is 0.220 e. The van der Waals surface area contributed by atoms with Crippen LogP contribution in [-0.4, -0.2) is 30.4 Å². The van der Waals surface area contributed by atoms with Gasteiger partial charge in [-0.1, -0.05) is 34.1 Å². The first-order valence-corrected chi connectivity index (χ1v) is 10.9. The molecule has 2 saturated heterocycles. The molecular weight excluding hydrogens is 438 g/mol. The van der Waals surface area contributed by atoms with Crippen molar-refractivity contribution in [3.63, 3.8) is 0 Å². The molecule has 2 aliphatic heterocycles. The standard InChI is InChI=1S/C23H25BrF2N2O/c24-19-4-1-16(21(26)13-19)14-28-11-8-18(9-12-28)23(10-7-22(29)27-15-23)17-2-5-20(25)6-3-17/h1-6,13,18H,7-12,14-15H2,(H,27,29)/t23-/m1/s1. The average molecular weight is 463 g/mol. The van der Waals surface area contributed by atoms with Crippen molar-refractivity contribution in [2.75, 3.05) is 19.6 Å². The van der Waals surface area contributed by atoms with Crippen molar-refractivity contribution in [1.29, 1.82) is 0 Å². The second kappa shape index (κ2) is 8.52. The fraction of sp³-hybridized carbons (Fsp3) is 0.435. The summed E-state index contributed by atoms with van der Waals surface area (Å²) < 4.78 is 28.4. The highest BCUT2D eigenvalue weighted by Gasteiger charge is 2.44. The Morgan fingerprint density at radius 3 is 2.45 bits per heavy atom. The Morgan fingerprint density at radius 2 is 1.83 bits per heavy atom. The highest BCUT2D eigenvalue weighted by molar-refractivity contribution is 9.10. The van der Waals surface area contributed by atoms with Crippen LogP contribution < -0.4 is 5.32 Å². The molecule has 154 valence electrons. The van der Waals surface area contributed by atoms with Crippen LogP contribution in [-0.2, 0) is 16.8 Å². The van der Waals surface area contributed by atoms with Crippen molar-refractivity contribution in [2.45, 2.75) is 37.6 Å². The highest BCUT2D eigenvalue weighted by Crippen LogP contribution is 2.43. The Kier molecular flexibility index (Phi) is 6.02. The van der Waals surface area contributed by atoms with E-state index in [1.807, 2.05) is 24.3 Å². The third kappa shape index (κ3) is 4.38. The maximum atomic E-state index is 14.2. The van der Waals surface area contributed by atoms with Gasteiger partial charge in [0.15, 0.2) is 0 Å². The van der Waals surface area contributed by atoms with Gasteiger partial charge < -0.3 is 5.32 Å². The number of nitrogens with one attached hydrogen (secondary N) is 1. The molecule has 0 unspecified atom stereocenters. The van der Waals surface area contributed by atoms with Gasteiger partial charge in [0.1, 0.15) is 11.6 Å². The summed E-state index contributed by atoms with van der Waals surface area (Å²) in [4.78, 5) is 14.1. The molecule has 0 spiro atoms. The van der Waals surface area contributed by atoms with E-state index in [1.165, 1.54) is 18.2 Å². The number of carbonyl (C=O) groups excluding carboxylic acids is 1. The van der Waals surface area contributed by atoms with E-state index in [4.69, 9.17) is 0 Å². The largest absolute Gasteiger partial charge is 0.355 e. The Bertz CT molecular complexity index is 869. The zero-order chi connectivity index (χ0) is 20.4. The summed E-state index contributed by atoms with van der Waals surface area (Å²) in [7, 11) is 0. The highest BCUT2D eigenvalue weighted by atomic mass is 79.9. The van der Waals surface area contributed by atoms with Gasteiger partial charge in [0.05, 0.1) is 0 Å². The molecule has 1 N–H and O–H groups in total. The van der Waals surface area contributed by atoms with Crippen LogP contribution in [0.4, 0.5) is 8.78 Å². The summed E-state index contributed by atoms with van der Waals surface area (Å²) in [6.07, 6.45) is 3.24. The predicted octanol–water partition coefficient (Wildman–Crippen LogP) is 4.79. The van der Waals surface area contributed by atoms with Crippen LogP contribution in [0.5, 0.6) is 0 Å². The Morgan fingerprint density at radius 1 is 1.10 bits per heavy atom. The zero-order valence-corrected chi connectivity index (χ0v) is 17.9. The molecule has 0 aromatic heterocycles. The number of hydrogen-bond donors (Lipinski definition) is 1. The minimum absolute atomic E-state index is 0.0888. The number of nitrogens with zero attached hydrogens (tertiary/aromatic N) is 1. The van der Waals surface area contributed by atoms with E-state index in [-0.39, 0.29) is 23.0 Å². The lowest BCUT2D eigenvalue weighted by molar-refractivity contribution is -0.124. The number of hydrogen-bond acceptors (Lipinski definition) is 2. The Hall–Kier alpha value is -1.79. The van der Waals surface area contributed by atoms with Gasteiger partial charge in [-0.3, -0.25) is 9.69 Å². The van der Waals surface area contributed by atoms with Gasteiger partial charge in [0.2, 0.25) is 5.91 Å². The zero-order valence-electron chi connectivity index (χ0n) is 16.3. The van der Waals surface area contributed by atoms with Crippen molar-refractivity contribution in [3.8, 4) is 0 Å². The van der Waals surface area contributed by atoms with Gasteiger partial charge in [-0.05, 0) is 68.1 Å². The number of carbonyl (C=O) groups is 1. The lowest BCUT2D eigenvalue weighted by Crippen LogP contribution is -2.53. The van der Waals surface area contributed by atoms with Crippen LogP contribution in [0.15, 0.2) is 46.9 Å². The van der Waals surface area contributed by atoms with Crippen LogP contribution in [0, 0.1) is 17.6 Å². The second-order valence-electron chi connectivity index (χ2n) is 8.23. The van der Waals surface area contributed by atoms with Crippen LogP contribution in [0.25, 0.3) is 0 Å². The second-order valence-corrected chi connectivity index (χ2v) is 9.14. The molecule has 3 nitrogen and oxygen atoms in total. The van der Waals surface area contributed by atoms with Gasteiger partial charge in [-0.2, -0.15) is 0 Å². The topological polar surface area (TPSA) is 32.3 Å². The summed E-state index contributed by atoms with van der Waals surface area (Å²) in [5, 5.41) is 3.05. The van der Waals surface area contributed by atoms with E-state index in [0.29, 0.717) is 31.0 Å². The summed E-state index contributed by atoms with van der Waals surface area (Å²) >= 11 is 3.30. The maximum absolute atomic E-state index is 14.2. The number of piperidine rings is 2. The fourth-order valence-corrected chi connectivity index (χ4v) is 5.25. The molecule has 2 fully saturated rings. The molecule has 29 heavy (non-hydrogen) atoms. The third-order valence-electron chi connectivity index (χ3n) is 6.60. The van der Waals surface area contributed by atoms with E-state index >= 15 is 0 Å². The minimum Gasteiger partial charge on any atom is -0.355 e. The molecule has 2 aliphatic rings. The van der Waals surface area contributed by atoms with Crippen molar-refractivity contribution < 1.29 is 13.6 Å². The molecule has 0 aliphatic carbocycles. The van der Waals surface area contributed by atoms with E-state index in [0.717, 1.165) is 42.4 Å². The number of benzene rings is 2. The number of rotatable bonds is 4. The first-order valence-electron chi connectivity index (χ1n) is 10.2. The molecule has 6 heteroatoms. The molecule has 1 amide bonds. The third-order valence-corrected chi connectivity index (χ3v) is 7.09. The monoisotopic (exact) mass is 462 g/mol. The van der Waals surface area contributed by atoms with E-state index in [9.17, 15) is 13.6 Å². The summed E-state index contributed by atoms with van der Waals surface area (Å²) in [6.45, 7) is 2.98. The normalized spacial score (nSPS) is 23.8. The summed E-state index contributed by atoms with van der Waals surface area (Å²) in [5.74, 6) is 0.0693. The molecule has 2 aromatic rings. The van der Waals surface area contributed by atoms with Gasteiger partial charge in [0.25, 0.3) is 0 Å². The first-order chi connectivity index (χ1) is 14.0. The van der Waals surface area contributed by atoms with Gasteiger partial charge in [-0.15, -0.1) is 0 Å². The first kappa shape index (κ1) is 20.5. The van der Waals surface area contributed by atoms with Crippen molar-refractivity contribution in [1.82, 2.24) is 10.2 Å². The van der Waals surface area contributed by atoms with Gasteiger partial charge in [0, 0.05) is 35.0 Å². The average Bonchev–Trinajstić information content (AvgIpc) is 2.72. The molecular formula is C23H25BrF2N2O. The van der Waals surface area contributed by atoms with Crippen molar-refractivity contribution >= 4 is 21.8 Å². The van der Waals surface area contributed by atoms with Crippen LogP contribution >= 0.6 is 15.9 Å². The molecule has 0 radical (unpaired) electrons. The molecule has 2 heterocycles. The van der Waals surface area contributed by atoms with Crippen LogP contribution in [0.3, 0.4) is 0 Å². The lowest BCUT2D eigenvalue weighted by atomic mass is 9.63. The van der Waals surface area contributed by atoms with E-state index < -0.39 is 0 Å². The smallest absolute Gasteiger partial charge is 0.220 e. The number of amides is 1. The summed E-state index contributed by atoms with van der Waals surface area (Å²) in [5.41, 5.74) is 1.66. The van der Waals surface area contributed by atoms with E-state index in [2.05, 4.69) is 26.1 Å². The lowest BCUT2D eigenvalue weighted by Gasteiger charge is -2.47. The Labute approximate surface area is 178 Å². The fourth-order valence-electron chi connectivity index (χ4n) is 4.92. The van der Waals surface area contributed by atoms with Gasteiger partial charge in [-0.25, -0.2) is 8.78 Å². The molecule has 0 saturated carbocycles. The number of likely N-dealkylation sites (tertiary alicyclic amines) is 1. The quantitative estimate of drug-likeness (QED) is 0.708. The molecule has 1 atom stereocenters. The van der Waals surface area contributed by atoms with E-state index in [1.54, 1.807) is 0 Å². The van der Waals surface area contributed by atoms with Crippen LogP contribution in [0.2, 0.25) is 0 Å². The van der Waals surface area contributed by atoms with Crippen LogP contribution in [0.1, 0.15) is 36.8 Å². The van der Waals surface area contributed by atoms with Crippen molar-refractivity contribution in [2.24, 2.45) is 5.92 Å².